The molecule has 7 heteroatoms. The van der Waals surface area contributed by atoms with Gasteiger partial charge in [-0.15, -0.1) is 0 Å². The Bertz CT molecular complexity index is 973. The topological polar surface area (TPSA) is 83.4 Å². The van der Waals surface area contributed by atoms with Gasteiger partial charge in [0.15, 0.2) is 0 Å². The third-order valence-corrected chi connectivity index (χ3v) is 4.73. The quantitative estimate of drug-likeness (QED) is 0.520. The van der Waals surface area contributed by atoms with E-state index in [0.29, 0.717) is 22.0 Å². The lowest BCUT2D eigenvalue weighted by Gasteiger charge is -2.16. The van der Waals surface area contributed by atoms with Gasteiger partial charge < -0.3 is 20.4 Å². The average molecular weight is 412 g/mol. The second-order valence-corrected chi connectivity index (χ2v) is 6.89. The van der Waals surface area contributed by atoms with Crippen LogP contribution in [0, 0.1) is 0 Å². The van der Waals surface area contributed by atoms with Crippen LogP contribution < -0.4 is 16.0 Å². The molecule has 1 heterocycles. The molecule has 2 amide bonds. The summed E-state index contributed by atoms with van der Waals surface area (Å²) in [5, 5.41) is 9.35. The second-order valence-electron chi connectivity index (χ2n) is 6.48. The molecule has 0 saturated heterocycles. The number of rotatable bonds is 8. The third-order valence-electron chi connectivity index (χ3n) is 4.39. The number of amides is 2. The Morgan fingerprint density at radius 3 is 2.55 bits per heavy atom. The molecule has 0 aliphatic carbocycles. The molecule has 0 spiro atoms. The fourth-order valence-corrected chi connectivity index (χ4v) is 3.14. The molecular formula is C22H22ClN3O3. The first-order valence-corrected chi connectivity index (χ1v) is 9.59. The molecular weight excluding hydrogens is 390 g/mol. The van der Waals surface area contributed by atoms with E-state index in [1.807, 2.05) is 31.2 Å². The van der Waals surface area contributed by atoms with E-state index >= 15 is 0 Å². The molecule has 2 aromatic carbocycles. The highest BCUT2D eigenvalue weighted by molar-refractivity contribution is 6.31. The summed E-state index contributed by atoms with van der Waals surface area (Å²) in [6.07, 6.45) is 1.55. The first-order chi connectivity index (χ1) is 14.0. The zero-order valence-corrected chi connectivity index (χ0v) is 16.7. The van der Waals surface area contributed by atoms with Crippen molar-refractivity contribution in [2.45, 2.75) is 19.5 Å². The molecule has 1 aromatic heterocycles. The minimum Gasteiger partial charge on any atom is -0.467 e. The van der Waals surface area contributed by atoms with Gasteiger partial charge in [0.1, 0.15) is 5.76 Å². The Labute approximate surface area is 174 Å². The Morgan fingerprint density at radius 2 is 1.79 bits per heavy atom. The average Bonchev–Trinajstić information content (AvgIpc) is 3.25. The fourth-order valence-electron chi connectivity index (χ4n) is 2.84. The van der Waals surface area contributed by atoms with E-state index in [1.54, 1.807) is 42.7 Å². The summed E-state index contributed by atoms with van der Waals surface area (Å²) in [7, 11) is 0. The summed E-state index contributed by atoms with van der Waals surface area (Å²) in [5.41, 5.74) is 1.74. The standard InChI is InChI=1S/C22H22ClN3O3/c1-15(17-8-2-4-10-19(17)23)24-14-21(27)26-20-11-5-3-9-18(20)22(28)25-13-16-7-6-12-29-16/h2-12,15,24H,13-14H2,1H3,(H,25,28)(H,26,27)/t15-/m1/s1. The largest absolute Gasteiger partial charge is 0.467 e. The Kier molecular flexibility index (Phi) is 7.05. The second kappa shape index (κ2) is 9.91. The molecule has 0 unspecified atom stereocenters. The van der Waals surface area contributed by atoms with Crippen LogP contribution in [0.25, 0.3) is 0 Å². The molecule has 3 rings (SSSR count). The van der Waals surface area contributed by atoms with Gasteiger partial charge in [0.05, 0.1) is 30.6 Å². The number of nitrogens with one attached hydrogen (secondary N) is 3. The number of carbonyl (C=O) groups is 2. The summed E-state index contributed by atoms with van der Waals surface area (Å²) in [6, 6.07) is 17.8. The molecule has 29 heavy (non-hydrogen) atoms. The van der Waals surface area contributed by atoms with E-state index in [2.05, 4.69) is 16.0 Å². The Morgan fingerprint density at radius 1 is 1.03 bits per heavy atom. The Hall–Kier alpha value is -3.09. The van der Waals surface area contributed by atoms with Crippen LogP contribution in [0.4, 0.5) is 5.69 Å². The molecule has 3 aromatic rings. The molecule has 6 nitrogen and oxygen atoms in total. The number of furan rings is 1. The van der Waals surface area contributed by atoms with Crippen LogP contribution in [-0.2, 0) is 11.3 Å². The van der Waals surface area contributed by atoms with Gasteiger partial charge in [0.25, 0.3) is 5.91 Å². The number of hydrogen-bond acceptors (Lipinski definition) is 4. The van der Waals surface area contributed by atoms with E-state index < -0.39 is 0 Å². The summed E-state index contributed by atoms with van der Waals surface area (Å²) in [6.45, 7) is 2.28. The predicted molar refractivity (Wildman–Crippen MR) is 113 cm³/mol. The minimum atomic E-state index is -0.297. The third kappa shape index (κ3) is 5.70. The van der Waals surface area contributed by atoms with Crippen molar-refractivity contribution < 1.29 is 14.0 Å². The molecule has 0 radical (unpaired) electrons. The maximum Gasteiger partial charge on any atom is 0.253 e. The summed E-state index contributed by atoms with van der Waals surface area (Å²) in [5.74, 6) is 0.0995. The minimum absolute atomic E-state index is 0.0781. The number of hydrogen-bond donors (Lipinski definition) is 3. The monoisotopic (exact) mass is 411 g/mol. The van der Waals surface area contributed by atoms with Gasteiger partial charge >= 0.3 is 0 Å². The zero-order valence-electron chi connectivity index (χ0n) is 15.9. The maximum atomic E-state index is 12.5. The number of carbonyl (C=O) groups excluding carboxylic acids is 2. The normalized spacial score (nSPS) is 11.7. The lowest BCUT2D eigenvalue weighted by Crippen LogP contribution is -2.31. The van der Waals surface area contributed by atoms with Crippen LogP contribution in [0.2, 0.25) is 5.02 Å². The van der Waals surface area contributed by atoms with Gasteiger partial charge in [0.2, 0.25) is 5.91 Å². The van der Waals surface area contributed by atoms with Gasteiger partial charge in [-0.3, -0.25) is 9.59 Å². The highest BCUT2D eigenvalue weighted by Gasteiger charge is 2.15. The van der Waals surface area contributed by atoms with Gasteiger partial charge in [0, 0.05) is 11.1 Å². The summed E-state index contributed by atoms with van der Waals surface area (Å²) < 4.78 is 5.21. The van der Waals surface area contributed by atoms with Crippen molar-refractivity contribution >= 4 is 29.1 Å². The first-order valence-electron chi connectivity index (χ1n) is 9.22. The molecule has 1 atom stereocenters. The van der Waals surface area contributed by atoms with E-state index in [-0.39, 0.29) is 30.9 Å². The highest BCUT2D eigenvalue weighted by Crippen LogP contribution is 2.22. The maximum absolute atomic E-state index is 12.5. The SMILES string of the molecule is C[C@@H](NCC(=O)Nc1ccccc1C(=O)NCc1ccco1)c1ccccc1Cl. The van der Waals surface area contributed by atoms with Gasteiger partial charge in [-0.25, -0.2) is 0 Å². The van der Waals surface area contributed by atoms with Crippen LogP contribution in [0.1, 0.15) is 34.6 Å². The number of anilines is 1. The smallest absolute Gasteiger partial charge is 0.253 e. The molecule has 0 fully saturated rings. The van der Waals surface area contributed by atoms with Crippen LogP contribution >= 0.6 is 11.6 Å². The van der Waals surface area contributed by atoms with Crippen LogP contribution in [0.3, 0.4) is 0 Å². The zero-order chi connectivity index (χ0) is 20.6. The number of halogens is 1. The van der Waals surface area contributed by atoms with Crippen molar-refractivity contribution in [2.75, 3.05) is 11.9 Å². The lowest BCUT2D eigenvalue weighted by atomic mass is 10.1. The summed E-state index contributed by atoms with van der Waals surface area (Å²) >= 11 is 6.19. The molecule has 0 aliphatic heterocycles. The van der Waals surface area contributed by atoms with Crippen molar-refractivity contribution in [3.8, 4) is 0 Å². The number of para-hydroxylation sites is 1. The van der Waals surface area contributed by atoms with E-state index in [4.69, 9.17) is 16.0 Å². The van der Waals surface area contributed by atoms with Crippen LogP contribution in [-0.4, -0.2) is 18.4 Å². The molecule has 0 saturated carbocycles. The highest BCUT2D eigenvalue weighted by atomic mass is 35.5. The first kappa shape index (κ1) is 20.6. The van der Waals surface area contributed by atoms with Crippen LogP contribution in [0.15, 0.2) is 71.3 Å². The van der Waals surface area contributed by atoms with Crippen LogP contribution in [0.5, 0.6) is 0 Å². The Balaban J connectivity index is 1.57. The van der Waals surface area contributed by atoms with E-state index in [1.165, 1.54) is 0 Å². The van der Waals surface area contributed by atoms with E-state index in [0.717, 1.165) is 5.56 Å². The molecule has 150 valence electrons. The van der Waals surface area contributed by atoms with Crippen molar-refractivity contribution in [3.05, 3.63) is 88.8 Å². The van der Waals surface area contributed by atoms with Crippen molar-refractivity contribution in [3.63, 3.8) is 0 Å². The van der Waals surface area contributed by atoms with Gasteiger partial charge in [-0.1, -0.05) is 41.9 Å². The fraction of sp³-hybridized carbons (Fsp3) is 0.182. The van der Waals surface area contributed by atoms with Crippen molar-refractivity contribution in [1.82, 2.24) is 10.6 Å². The lowest BCUT2D eigenvalue weighted by molar-refractivity contribution is -0.115. The van der Waals surface area contributed by atoms with Crippen molar-refractivity contribution in [1.29, 1.82) is 0 Å². The number of benzene rings is 2. The van der Waals surface area contributed by atoms with E-state index in [9.17, 15) is 9.59 Å². The van der Waals surface area contributed by atoms with Crippen molar-refractivity contribution in [2.24, 2.45) is 0 Å². The summed E-state index contributed by atoms with van der Waals surface area (Å²) in [4.78, 5) is 24.9. The van der Waals surface area contributed by atoms with Gasteiger partial charge in [-0.2, -0.15) is 0 Å². The molecule has 0 aliphatic rings. The predicted octanol–water partition coefficient (Wildman–Crippen LogP) is 4.15. The molecule has 0 bridgehead atoms. The van der Waals surface area contributed by atoms with Gasteiger partial charge in [-0.05, 0) is 42.8 Å². The molecule has 3 N–H and O–H groups in total.